The number of rotatable bonds is 4. The third-order valence-electron chi connectivity index (χ3n) is 2.29. The van der Waals surface area contributed by atoms with Crippen molar-refractivity contribution in [2.75, 3.05) is 7.05 Å². The highest BCUT2D eigenvalue weighted by Gasteiger charge is 2.05. The van der Waals surface area contributed by atoms with Crippen LogP contribution in [0.25, 0.3) is 0 Å². The van der Waals surface area contributed by atoms with Gasteiger partial charge in [-0.3, -0.25) is 4.90 Å². The van der Waals surface area contributed by atoms with Gasteiger partial charge in [0.05, 0.1) is 0 Å². The molecule has 0 unspecified atom stereocenters. The van der Waals surface area contributed by atoms with Crippen molar-refractivity contribution in [1.82, 2.24) is 9.88 Å². The second kappa shape index (κ2) is 5.58. The zero-order valence-corrected chi connectivity index (χ0v) is 10.9. The number of benzene rings is 1. The maximum Gasteiger partial charge on any atom is 0.183 e. The number of nitrogens with zero attached hydrogens (tertiary/aromatic N) is 2. The first-order valence-electron chi connectivity index (χ1n) is 5.16. The second-order valence-electron chi connectivity index (χ2n) is 3.88. The second-order valence-corrected chi connectivity index (χ2v) is 5.58. The van der Waals surface area contributed by atoms with E-state index in [0.29, 0.717) is 11.0 Å². The Morgan fingerprint density at radius 3 is 2.88 bits per heavy atom. The first-order chi connectivity index (χ1) is 8.13. The molecule has 1 aromatic heterocycles. The van der Waals surface area contributed by atoms with E-state index in [1.165, 1.54) is 17.4 Å². The van der Waals surface area contributed by atoms with Gasteiger partial charge in [-0.05, 0) is 24.7 Å². The van der Waals surface area contributed by atoms with Crippen molar-refractivity contribution in [2.45, 2.75) is 13.1 Å². The van der Waals surface area contributed by atoms with Gasteiger partial charge in [0.1, 0.15) is 5.82 Å². The normalized spacial score (nSPS) is 11.1. The van der Waals surface area contributed by atoms with Crippen LogP contribution < -0.4 is 0 Å². The molecule has 0 saturated heterocycles. The van der Waals surface area contributed by atoms with E-state index < -0.39 is 0 Å². The van der Waals surface area contributed by atoms with E-state index in [2.05, 4.69) is 9.88 Å². The molecule has 1 heterocycles. The molecule has 0 bridgehead atoms. The molecule has 2 aromatic rings. The Hall–Kier alpha value is -0.970. The Morgan fingerprint density at radius 2 is 2.24 bits per heavy atom. The van der Waals surface area contributed by atoms with Gasteiger partial charge >= 0.3 is 0 Å². The van der Waals surface area contributed by atoms with Gasteiger partial charge in [0.15, 0.2) is 4.47 Å². The molecule has 0 N–H and O–H groups in total. The Balaban J connectivity index is 1.95. The lowest BCUT2D eigenvalue weighted by molar-refractivity contribution is 0.321. The zero-order chi connectivity index (χ0) is 12.3. The summed E-state index contributed by atoms with van der Waals surface area (Å²) in [5, 5.41) is 0. The zero-order valence-electron chi connectivity index (χ0n) is 9.36. The standard InChI is InChI=1S/C12H12ClFN2S/c1-16(8-11-6-15-12(13)17-11)7-9-3-2-4-10(14)5-9/h2-6H,7-8H2,1H3. The van der Waals surface area contributed by atoms with E-state index in [0.717, 1.165) is 17.0 Å². The molecule has 0 aliphatic rings. The fourth-order valence-corrected chi connectivity index (χ4v) is 2.68. The van der Waals surface area contributed by atoms with E-state index >= 15 is 0 Å². The minimum absolute atomic E-state index is 0.197. The van der Waals surface area contributed by atoms with Crippen LogP contribution >= 0.6 is 22.9 Å². The molecule has 0 spiro atoms. The Morgan fingerprint density at radius 1 is 1.41 bits per heavy atom. The molecule has 90 valence electrons. The summed E-state index contributed by atoms with van der Waals surface area (Å²) in [6.07, 6.45) is 1.77. The van der Waals surface area contributed by atoms with Gasteiger partial charge in [-0.1, -0.05) is 23.7 Å². The quantitative estimate of drug-likeness (QED) is 0.844. The molecule has 0 amide bonds. The predicted molar refractivity (Wildman–Crippen MR) is 68.7 cm³/mol. The Kier molecular flexibility index (Phi) is 4.10. The minimum Gasteiger partial charge on any atom is -0.297 e. The number of hydrogen-bond acceptors (Lipinski definition) is 3. The fraction of sp³-hybridized carbons (Fsp3) is 0.250. The fourth-order valence-electron chi connectivity index (χ4n) is 1.63. The first-order valence-corrected chi connectivity index (χ1v) is 6.36. The van der Waals surface area contributed by atoms with Gasteiger partial charge in [-0.2, -0.15) is 0 Å². The molecule has 0 radical (unpaired) electrons. The van der Waals surface area contributed by atoms with Crippen LogP contribution in [0.4, 0.5) is 4.39 Å². The maximum atomic E-state index is 13.0. The summed E-state index contributed by atoms with van der Waals surface area (Å²) in [5.74, 6) is -0.197. The lowest BCUT2D eigenvalue weighted by atomic mass is 10.2. The van der Waals surface area contributed by atoms with Crippen molar-refractivity contribution in [3.63, 3.8) is 0 Å². The SMILES string of the molecule is CN(Cc1cccc(F)c1)Cc1cnc(Cl)s1. The van der Waals surface area contributed by atoms with Crippen LogP contribution in [0.3, 0.4) is 0 Å². The maximum absolute atomic E-state index is 13.0. The van der Waals surface area contributed by atoms with Gasteiger partial charge in [0, 0.05) is 24.2 Å². The molecular formula is C12H12ClFN2S. The van der Waals surface area contributed by atoms with E-state index in [-0.39, 0.29) is 5.82 Å². The number of aromatic nitrogens is 1. The molecule has 0 saturated carbocycles. The highest BCUT2D eigenvalue weighted by molar-refractivity contribution is 7.15. The lowest BCUT2D eigenvalue weighted by Gasteiger charge is -2.15. The molecule has 0 aliphatic carbocycles. The minimum atomic E-state index is -0.197. The van der Waals surface area contributed by atoms with Crippen LogP contribution in [0, 0.1) is 5.82 Å². The van der Waals surface area contributed by atoms with Gasteiger partial charge in [-0.15, -0.1) is 11.3 Å². The monoisotopic (exact) mass is 270 g/mol. The summed E-state index contributed by atoms with van der Waals surface area (Å²) in [7, 11) is 1.98. The van der Waals surface area contributed by atoms with Crippen LogP contribution in [0.5, 0.6) is 0 Å². The van der Waals surface area contributed by atoms with Crippen molar-refractivity contribution in [1.29, 1.82) is 0 Å². The number of thiazole rings is 1. The van der Waals surface area contributed by atoms with Gasteiger partial charge < -0.3 is 0 Å². The topological polar surface area (TPSA) is 16.1 Å². The lowest BCUT2D eigenvalue weighted by Crippen LogP contribution is -2.16. The molecular weight excluding hydrogens is 259 g/mol. The molecule has 0 atom stereocenters. The van der Waals surface area contributed by atoms with Crippen LogP contribution in [0.2, 0.25) is 4.47 Å². The predicted octanol–water partition coefficient (Wildman–Crippen LogP) is 3.57. The molecule has 0 aliphatic heterocycles. The third kappa shape index (κ3) is 3.77. The molecule has 1 aromatic carbocycles. The summed E-state index contributed by atoms with van der Waals surface area (Å²) in [4.78, 5) is 7.19. The average Bonchev–Trinajstić information content (AvgIpc) is 2.63. The summed E-state index contributed by atoms with van der Waals surface area (Å²) in [5.41, 5.74) is 0.961. The smallest absolute Gasteiger partial charge is 0.183 e. The highest BCUT2D eigenvalue weighted by Crippen LogP contribution is 2.19. The molecule has 0 fully saturated rings. The van der Waals surface area contributed by atoms with Crippen LogP contribution in [0.15, 0.2) is 30.5 Å². The number of halogens is 2. The summed E-state index contributed by atoms with van der Waals surface area (Å²) < 4.78 is 13.6. The summed E-state index contributed by atoms with van der Waals surface area (Å²) in [6.45, 7) is 1.47. The van der Waals surface area contributed by atoms with E-state index in [9.17, 15) is 4.39 Å². The van der Waals surface area contributed by atoms with Crippen molar-refractivity contribution >= 4 is 22.9 Å². The van der Waals surface area contributed by atoms with Crippen molar-refractivity contribution in [3.8, 4) is 0 Å². The van der Waals surface area contributed by atoms with Crippen molar-refractivity contribution in [3.05, 3.63) is 51.2 Å². The van der Waals surface area contributed by atoms with E-state index in [1.807, 2.05) is 13.1 Å². The molecule has 5 heteroatoms. The third-order valence-corrected chi connectivity index (χ3v) is 3.39. The van der Waals surface area contributed by atoms with Crippen LogP contribution in [-0.4, -0.2) is 16.9 Å². The van der Waals surface area contributed by atoms with E-state index in [1.54, 1.807) is 18.3 Å². The highest BCUT2D eigenvalue weighted by atomic mass is 35.5. The first kappa shape index (κ1) is 12.5. The van der Waals surface area contributed by atoms with Gasteiger partial charge in [0.25, 0.3) is 0 Å². The van der Waals surface area contributed by atoms with E-state index in [4.69, 9.17) is 11.6 Å². The van der Waals surface area contributed by atoms with Gasteiger partial charge in [-0.25, -0.2) is 9.37 Å². The average molecular weight is 271 g/mol. The van der Waals surface area contributed by atoms with Gasteiger partial charge in [0.2, 0.25) is 0 Å². The summed E-state index contributed by atoms with van der Waals surface area (Å²) in [6, 6.07) is 6.64. The molecule has 2 rings (SSSR count). The van der Waals surface area contributed by atoms with Crippen molar-refractivity contribution in [2.24, 2.45) is 0 Å². The number of hydrogen-bond donors (Lipinski definition) is 0. The van der Waals surface area contributed by atoms with Crippen LogP contribution in [0.1, 0.15) is 10.4 Å². The largest absolute Gasteiger partial charge is 0.297 e. The van der Waals surface area contributed by atoms with Crippen molar-refractivity contribution < 1.29 is 4.39 Å². The Bertz CT molecular complexity index is 501. The summed E-state index contributed by atoms with van der Waals surface area (Å²) >= 11 is 7.23. The molecule has 17 heavy (non-hydrogen) atoms. The Labute approximate surface area is 109 Å². The van der Waals surface area contributed by atoms with Crippen LogP contribution in [-0.2, 0) is 13.1 Å². The molecule has 2 nitrogen and oxygen atoms in total.